The van der Waals surface area contributed by atoms with Crippen LogP contribution in [0.4, 0.5) is 0 Å². The van der Waals surface area contributed by atoms with E-state index in [0.717, 1.165) is 37.2 Å². The maximum Gasteiger partial charge on any atom is 0.118 e. The Labute approximate surface area is 175 Å². The topological polar surface area (TPSA) is 52.8 Å². The van der Waals surface area contributed by atoms with Crippen molar-refractivity contribution in [3.05, 3.63) is 29.8 Å². The molecule has 2 saturated heterocycles. The van der Waals surface area contributed by atoms with E-state index in [4.69, 9.17) is 23.7 Å². The van der Waals surface area contributed by atoms with Gasteiger partial charge in [-0.05, 0) is 56.2 Å². The van der Waals surface area contributed by atoms with E-state index in [-0.39, 0.29) is 29.3 Å². The van der Waals surface area contributed by atoms with Crippen LogP contribution in [0.1, 0.15) is 52.0 Å². The summed E-state index contributed by atoms with van der Waals surface area (Å²) in [4.78, 5) is 0. The molecule has 0 bridgehead atoms. The summed E-state index contributed by atoms with van der Waals surface area (Å²) in [5, 5.41) is 0. The van der Waals surface area contributed by atoms with Crippen LogP contribution in [0.25, 0.3) is 0 Å². The van der Waals surface area contributed by atoms with Gasteiger partial charge >= 0.3 is 0 Å². The Morgan fingerprint density at radius 1 is 1.17 bits per heavy atom. The number of benzene rings is 1. The van der Waals surface area contributed by atoms with Crippen molar-refractivity contribution in [2.75, 3.05) is 20.8 Å². The Kier molecular flexibility index (Phi) is 5.95. The van der Waals surface area contributed by atoms with Gasteiger partial charge in [0.1, 0.15) is 11.4 Å². The van der Waals surface area contributed by atoms with Gasteiger partial charge in [0.15, 0.2) is 0 Å². The van der Waals surface area contributed by atoms with Crippen LogP contribution in [0.15, 0.2) is 24.3 Å². The molecule has 1 aliphatic carbocycles. The van der Waals surface area contributed by atoms with Crippen molar-refractivity contribution in [1.82, 2.24) is 0 Å². The highest BCUT2D eigenvalue weighted by molar-refractivity contribution is 5.27. The number of hydrogen-bond donors (Lipinski definition) is 0. The molecule has 1 saturated carbocycles. The molecule has 4 rings (SSSR count). The number of hydrogen-bond acceptors (Lipinski definition) is 5. The summed E-state index contributed by atoms with van der Waals surface area (Å²) in [5.74, 6) is 1.77. The molecule has 3 fully saturated rings. The van der Waals surface area contributed by atoms with E-state index < -0.39 is 0 Å². The van der Waals surface area contributed by atoms with E-state index in [1.165, 1.54) is 6.42 Å². The van der Waals surface area contributed by atoms with E-state index >= 15 is 0 Å². The molecule has 5 nitrogen and oxygen atoms in total. The third-order valence-corrected chi connectivity index (χ3v) is 7.13. The van der Waals surface area contributed by atoms with Crippen molar-refractivity contribution >= 4 is 0 Å². The summed E-state index contributed by atoms with van der Waals surface area (Å²) in [6, 6.07) is 8.06. The number of rotatable bonds is 9. The van der Waals surface area contributed by atoms with Gasteiger partial charge in [0.25, 0.3) is 0 Å². The minimum atomic E-state index is -0.172. The summed E-state index contributed by atoms with van der Waals surface area (Å²) in [5.41, 5.74) is 0.889. The maximum atomic E-state index is 6.38. The second-order valence-corrected chi connectivity index (χ2v) is 9.53. The lowest BCUT2D eigenvalue weighted by atomic mass is 9.68. The highest BCUT2D eigenvalue weighted by atomic mass is 16.6. The maximum absolute atomic E-state index is 6.38. The van der Waals surface area contributed by atoms with E-state index in [2.05, 4.69) is 32.9 Å². The van der Waals surface area contributed by atoms with Crippen LogP contribution < -0.4 is 4.74 Å². The van der Waals surface area contributed by atoms with Gasteiger partial charge in [0.2, 0.25) is 0 Å². The van der Waals surface area contributed by atoms with Gasteiger partial charge in [-0.3, -0.25) is 0 Å². The minimum Gasteiger partial charge on any atom is -0.497 e. The SMILES string of the molecule is COc1ccc(CO[C@@H]2CC[C@]3(CO3)[C@@H]([C@@]3(C)O[C@@H]3CCC(C)C)[C@@H]2OC)cc1. The zero-order valence-electron chi connectivity index (χ0n) is 18.5. The molecule has 2 heterocycles. The first-order chi connectivity index (χ1) is 13.9. The Morgan fingerprint density at radius 2 is 1.90 bits per heavy atom. The average Bonchev–Trinajstić information content (AvgIpc) is 3.63. The quantitative estimate of drug-likeness (QED) is 0.572. The number of methoxy groups -OCH3 is 2. The predicted octanol–water partition coefficient (Wildman–Crippen LogP) is 4.37. The molecule has 6 atom stereocenters. The normalized spacial score (nSPS) is 38.4. The first-order valence-corrected chi connectivity index (χ1v) is 11.0. The monoisotopic (exact) mass is 404 g/mol. The zero-order chi connectivity index (χ0) is 20.6. The van der Waals surface area contributed by atoms with Crippen LogP contribution in [0.3, 0.4) is 0 Å². The first kappa shape index (κ1) is 21.1. The molecule has 162 valence electrons. The average molecular weight is 405 g/mol. The Balaban J connectivity index is 1.43. The summed E-state index contributed by atoms with van der Waals surface area (Å²) < 4.78 is 30.0. The molecule has 0 N–H and O–H groups in total. The van der Waals surface area contributed by atoms with Crippen LogP contribution in [-0.4, -0.2) is 50.3 Å². The van der Waals surface area contributed by atoms with Crippen molar-refractivity contribution in [2.24, 2.45) is 11.8 Å². The Hall–Kier alpha value is -1.14. The van der Waals surface area contributed by atoms with Crippen LogP contribution in [0, 0.1) is 11.8 Å². The fourth-order valence-corrected chi connectivity index (χ4v) is 5.25. The summed E-state index contributed by atoms with van der Waals surface area (Å²) in [6.07, 6.45) is 4.60. The molecule has 2 aliphatic heterocycles. The molecule has 0 radical (unpaired) electrons. The van der Waals surface area contributed by atoms with Crippen LogP contribution in [-0.2, 0) is 25.6 Å². The van der Waals surface area contributed by atoms with E-state index in [1.54, 1.807) is 14.2 Å². The summed E-state index contributed by atoms with van der Waals surface area (Å²) in [7, 11) is 3.49. The lowest BCUT2D eigenvalue weighted by Crippen LogP contribution is -2.55. The summed E-state index contributed by atoms with van der Waals surface area (Å²) >= 11 is 0. The van der Waals surface area contributed by atoms with Gasteiger partial charge < -0.3 is 23.7 Å². The highest BCUT2D eigenvalue weighted by Gasteiger charge is 2.71. The molecule has 29 heavy (non-hydrogen) atoms. The second kappa shape index (κ2) is 8.18. The van der Waals surface area contributed by atoms with Gasteiger partial charge in [-0.2, -0.15) is 0 Å². The van der Waals surface area contributed by atoms with Crippen molar-refractivity contribution in [3.8, 4) is 5.75 Å². The van der Waals surface area contributed by atoms with E-state index in [0.29, 0.717) is 18.6 Å². The molecule has 1 spiro atoms. The van der Waals surface area contributed by atoms with E-state index in [9.17, 15) is 0 Å². The lowest BCUT2D eigenvalue weighted by molar-refractivity contribution is -0.143. The fourth-order valence-electron chi connectivity index (χ4n) is 5.25. The molecule has 5 heteroatoms. The second-order valence-electron chi connectivity index (χ2n) is 9.53. The molecular weight excluding hydrogens is 368 g/mol. The summed E-state index contributed by atoms with van der Waals surface area (Å²) in [6.45, 7) is 8.19. The molecule has 3 aliphatic rings. The zero-order valence-corrected chi connectivity index (χ0v) is 18.5. The third-order valence-electron chi connectivity index (χ3n) is 7.13. The van der Waals surface area contributed by atoms with Crippen molar-refractivity contribution < 1.29 is 23.7 Å². The smallest absolute Gasteiger partial charge is 0.118 e. The van der Waals surface area contributed by atoms with Crippen LogP contribution >= 0.6 is 0 Å². The van der Waals surface area contributed by atoms with Gasteiger partial charge in [0, 0.05) is 7.11 Å². The lowest BCUT2D eigenvalue weighted by Gasteiger charge is -2.43. The molecule has 0 aromatic heterocycles. The van der Waals surface area contributed by atoms with Crippen molar-refractivity contribution in [2.45, 2.75) is 82.6 Å². The molecule has 0 amide bonds. The first-order valence-electron chi connectivity index (χ1n) is 11.0. The molecule has 1 aromatic carbocycles. The highest BCUT2D eigenvalue weighted by Crippen LogP contribution is 2.59. The molecule has 0 unspecified atom stereocenters. The minimum absolute atomic E-state index is 0.0152. The van der Waals surface area contributed by atoms with Gasteiger partial charge in [-0.25, -0.2) is 0 Å². The van der Waals surface area contributed by atoms with Gasteiger partial charge in [0.05, 0.1) is 50.2 Å². The standard InChI is InChI=1S/C24H36O5/c1-16(2)6-11-20-23(3,29-20)22-21(26-5)19(12-13-24(22)15-28-24)27-14-17-7-9-18(25-4)10-8-17/h7-10,16,19-22H,6,11-15H2,1-5H3/t19-,20-,21-,22-,23+,24+/m1/s1. The van der Waals surface area contributed by atoms with Crippen molar-refractivity contribution in [1.29, 1.82) is 0 Å². The number of ether oxygens (including phenoxy) is 5. The van der Waals surface area contributed by atoms with Gasteiger partial charge in [-0.1, -0.05) is 26.0 Å². The number of epoxide rings is 2. The van der Waals surface area contributed by atoms with Crippen molar-refractivity contribution in [3.63, 3.8) is 0 Å². The third kappa shape index (κ3) is 4.20. The van der Waals surface area contributed by atoms with Gasteiger partial charge in [-0.15, -0.1) is 0 Å². The van der Waals surface area contributed by atoms with Crippen LogP contribution in [0.5, 0.6) is 5.75 Å². The van der Waals surface area contributed by atoms with E-state index in [1.807, 2.05) is 12.1 Å². The van der Waals surface area contributed by atoms with Crippen LogP contribution in [0.2, 0.25) is 0 Å². The predicted molar refractivity (Wildman–Crippen MR) is 111 cm³/mol. The Morgan fingerprint density at radius 3 is 2.48 bits per heavy atom. The largest absolute Gasteiger partial charge is 0.497 e. The Bertz CT molecular complexity index is 683. The molecular formula is C24H36O5. The fraction of sp³-hybridized carbons (Fsp3) is 0.750. The molecule has 1 aromatic rings.